The van der Waals surface area contributed by atoms with Crippen molar-refractivity contribution in [3.05, 3.63) is 35.2 Å². The highest BCUT2D eigenvalue weighted by atomic mass is 19.1. The van der Waals surface area contributed by atoms with Crippen molar-refractivity contribution in [3.8, 4) is 0 Å². The van der Waals surface area contributed by atoms with Crippen LogP contribution in [-0.4, -0.2) is 23.3 Å². The Labute approximate surface area is 148 Å². The lowest BCUT2D eigenvalue weighted by Crippen LogP contribution is -2.47. The largest absolute Gasteiger partial charge is 0.454 e. The summed E-state index contributed by atoms with van der Waals surface area (Å²) in [5.41, 5.74) is 2.00. The third-order valence-electron chi connectivity index (χ3n) is 7.33. The lowest BCUT2D eigenvalue weighted by Gasteiger charge is -2.54. The smallest absolute Gasteiger partial charge is 0.303 e. The predicted octanol–water partition coefficient (Wildman–Crippen LogP) is 4.24. The minimum absolute atomic E-state index is 0.0327. The average molecular weight is 346 g/mol. The number of esters is 1. The molecule has 136 valence electrons. The second kappa shape index (κ2) is 5.54. The van der Waals surface area contributed by atoms with E-state index < -0.39 is 17.5 Å². The van der Waals surface area contributed by atoms with Gasteiger partial charge in [0.1, 0.15) is 5.83 Å². The monoisotopic (exact) mass is 346 g/mol. The molecule has 0 aliphatic heterocycles. The van der Waals surface area contributed by atoms with Crippen molar-refractivity contribution in [2.24, 2.45) is 22.7 Å². The van der Waals surface area contributed by atoms with Gasteiger partial charge in [0, 0.05) is 12.3 Å². The summed E-state index contributed by atoms with van der Waals surface area (Å²) in [5.74, 6) is 0.120. The molecule has 0 aromatic carbocycles. The van der Waals surface area contributed by atoms with E-state index in [1.807, 2.05) is 13.0 Å². The zero-order valence-electron chi connectivity index (χ0n) is 15.2. The zero-order chi connectivity index (χ0) is 18.0. The van der Waals surface area contributed by atoms with Crippen molar-refractivity contribution < 1.29 is 19.0 Å². The molecule has 0 spiro atoms. The molecule has 0 saturated heterocycles. The van der Waals surface area contributed by atoms with E-state index in [0.717, 1.165) is 37.7 Å². The Kier molecular flexibility index (Phi) is 3.77. The molecule has 0 amide bonds. The van der Waals surface area contributed by atoms with Crippen LogP contribution in [0.4, 0.5) is 4.39 Å². The molecule has 3 nitrogen and oxygen atoms in total. The standard InChI is InChI=1S/C21H27FO3/c1-12(23)25-19-18(22)11-17-15-5-4-13-10-14(24)6-8-20(13,2)16(15)7-9-21(17,19)3/h6,8,11,13-14,16,19,24H,4-5,7,9-10H2,1-3H3/t13?,14-,16-,19-,20-,21-/m0/s1. The Balaban J connectivity index is 1.76. The number of ether oxygens (including phenoxy) is 1. The van der Waals surface area contributed by atoms with Gasteiger partial charge in [-0.15, -0.1) is 0 Å². The van der Waals surface area contributed by atoms with Gasteiger partial charge in [-0.3, -0.25) is 4.79 Å². The highest BCUT2D eigenvalue weighted by Gasteiger charge is 2.55. The molecule has 6 atom stereocenters. The molecule has 0 heterocycles. The maximum Gasteiger partial charge on any atom is 0.303 e. The first-order chi connectivity index (χ1) is 11.8. The normalized spacial score (nSPS) is 45.4. The molecule has 1 fully saturated rings. The second-order valence-corrected chi connectivity index (χ2v) is 8.73. The quantitative estimate of drug-likeness (QED) is 0.571. The van der Waals surface area contributed by atoms with Gasteiger partial charge in [-0.1, -0.05) is 31.6 Å². The van der Waals surface area contributed by atoms with E-state index in [9.17, 15) is 14.3 Å². The van der Waals surface area contributed by atoms with Crippen molar-refractivity contribution in [2.75, 3.05) is 0 Å². The Morgan fingerprint density at radius 1 is 1.36 bits per heavy atom. The molecular formula is C21H27FO3. The van der Waals surface area contributed by atoms with Crippen LogP contribution in [0.1, 0.15) is 52.9 Å². The van der Waals surface area contributed by atoms with Crippen molar-refractivity contribution >= 4 is 5.97 Å². The number of aliphatic hydroxyl groups is 1. The molecule has 1 unspecified atom stereocenters. The number of carbonyl (C=O) groups is 1. The van der Waals surface area contributed by atoms with Crippen LogP contribution in [-0.2, 0) is 9.53 Å². The molecule has 0 bridgehead atoms. The number of aliphatic hydroxyl groups excluding tert-OH is 1. The van der Waals surface area contributed by atoms with Crippen LogP contribution < -0.4 is 0 Å². The van der Waals surface area contributed by atoms with E-state index in [4.69, 9.17) is 4.74 Å². The maximum absolute atomic E-state index is 14.6. The summed E-state index contributed by atoms with van der Waals surface area (Å²) in [6.45, 7) is 5.68. The first-order valence-corrected chi connectivity index (χ1v) is 9.41. The highest BCUT2D eigenvalue weighted by Crippen LogP contribution is 2.62. The highest BCUT2D eigenvalue weighted by molar-refractivity contribution is 5.67. The van der Waals surface area contributed by atoms with E-state index in [0.29, 0.717) is 11.8 Å². The summed E-state index contributed by atoms with van der Waals surface area (Å²) in [6, 6.07) is 0. The van der Waals surface area contributed by atoms with Crippen LogP contribution >= 0.6 is 0 Å². The SMILES string of the molecule is CC(=O)O[C@H]1C(F)=CC2=C3CCC4C[C@@H](O)C=C[C@]4(C)[C@H]3CC[C@@]21C. The topological polar surface area (TPSA) is 46.5 Å². The molecule has 1 N–H and O–H groups in total. The summed E-state index contributed by atoms with van der Waals surface area (Å²) in [5, 5.41) is 10.00. The molecule has 1 saturated carbocycles. The maximum atomic E-state index is 14.6. The number of hydrogen-bond acceptors (Lipinski definition) is 3. The Hall–Kier alpha value is -1.42. The van der Waals surface area contributed by atoms with Gasteiger partial charge in [0.05, 0.1) is 6.10 Å². The molecule has 0 radical (unpaired) electrons. The van der Waals surface area contributed by atoms with Crippen molar-refractivity contribution in [1.29, 1.82) is 0 Å². The van der Waals surface area contributed by atoms with Gasteiger partial charge in [0.25, 0.3) is 0 Å². The third kappa shape index (κ3) is 2.37. The average Bonchev–Trinajstić information content (AvgIpc) is 2.79. The third-order valence-corrected chi connectivity index (χ3v) is 7.33. The molecule has 4 heteroatoms. The molecule has 0 aromatic rings. The van der Waals surface area contributed by atoms with E-state index >= 15 is 0 Å². The first kappa shape index (κ1) is 17.0. The van der Waals surface area contributed by atoms with Gasteiger partial charge in [-0.05, 0) is 61.0 Å². The Bertz CT molecular complexity index is 706. The molecule has 4 aliphatic rings. The fraction of sp³-hybridized carbons (Fsp3) is 0.667. The number of hydrogen-bond donors (Lipinski definition) is 1. The predicted molar refractivity (Wildman–Crippen MR) is 93.2 cm³/mol. The summed E-state index contributed by atoms with van der Waals surface area (Å²) >= 11 is 0. The van der Waals surface area contributed by atoms with Gasteiger partial charge >= 0.3 is 5.97 Å². The zero-order valence-corrected chi connectivity index (χ0v) is 15.2. The van der Waals surface area contributed by atoms with Crippen LogP contribution in [0.15, 0.2) is 35.2 Å². The van der Waals surface area contributed by atoms with Crippen LogP contribution in [0.2, 0.25) is 0 Å². The van der Waals surface area contributed by atoms with Gasteiger partial charge in [-0.2, -0.15) is 0 Å². The fourth-order valence-corrected chi connectivity index (χ4v) is 5.94. The minimum Gasteiger partial charge on any atom is -0.454 e. The number of halogens is 1. The summed E-state index contributed by atoms with van der Waals surface area (Å²) in [6.07, 6.45) is 9.26. The first-order valence-electron chi connectivity index (χ1n) is 9.41. The van der Waals surface area contributed by atoms with Crippen molar-refractivity contribution in [2.45, 2.75) is 65.1 Å². The Morgan fingerprint density at radius 3 is 2.84 bits per heavy atom. The molecular weight excluding hydrogens is 319 g/mol. The molecule has 25 heavy (non-hydrogen) atoms. The number of fused-ring (bicyclic) bond motifs is 4. The molecule has 0 aromatic heterocycles. The van der Waals surface area contributed by atoms with Crippen LogP contribution in [0.3, 0.4) is 0 Å². The van der Waals surface area contributed by atoms with Gasteiger partial charge in [-0.25, -0.2) is 4.39 Å². The molecule has 4 aliphatic carbocycles. The van der Waals surface area contributed by atoms with E-state index in [1.54, 1.807) is 6.08 Å². The van der Waals surface area contributed by atoms with Crippen molar-refractivity contribution in [1.82, 2.24) is 0 Å². The van der Waals surface area contributed by atoms with Gasteiger partial charge in [0.2, 0.25) is 0 Å². The van der Waals surface area contributed by atoms with Gasteiger partial charge in [0.15, 0.2) is 6.10 Å². The summed E-state index contributed by atoms with van der Waals surface area (Å²) in [7, 11) is 0. The van der Waals surface area contributed by atoms with E-state index in [1.165, 1.54) is 12.5 Å². The summed E-state index contributed by atoms with van der Waals surface area (Å²) in [4.78, 5) is 11.4. The van der Waals surface area contributed by atoms with Gasteiger partial charge < -0.3 is 9.84 Å². The van der Waals surface area contributed by atoms with E-state index in [-0.39, 0.29) is 17.3 Å². The van der Waals surface area contributed by atoms with Crippen LogP contribution in [0, 0.1) is 22.7 Å². The minimum atomic E-state index is -0.775. The fourth-order valence-electron chi connectivity index (χ4n) is 5.94. The lowest BCUT2D eigenvalue weighted by atomic mass is 9.51. The van der Waals surface area contributed by atoms with Crippen LogP contribution in [0.5, 0.6) is 0 Å². The van der Waals surface area contributed by atoms with E-state index in [2.05, 4.69) is 13.0 Å². The number of rotatable bonds is 1. The lowest BCUT2D eigenvalue weighted by molar-refractivity contribution is -0.150. The van der Waals surface area contributed by atoms with Crippen LogP contribution in [0.25, 0.3) is 0 Å². The number of allylic oxidation sites excluding steroid dienone is 3. The number of carbonyl (C=O) groups excluding carboxylic acids is 1. The Morgan fingerprint density at radius 2 is 2.12 bits per heavy atom. The van der Waals surface area contributed by atoms with Crippen molar-refractivity contribution in [3.63, 3.8) is 0 Å². The second-order valence-electron chi connectivity index (χ2n) is 8.73. The summed E-state index contributed by atoms with van der Waals surface area (Å²) < 4.78 is 20.0. The molecule has 4 rings (SSSR count).